The lowest BCUT2D eigenvalue weighted by Gasteiger charge is -2.33. The molecule has 1 aromatic rings. The van der Waals surface area contributed by atoms with Crippen molar-refractivity contribution in [2.24, 2.45) is 5.92 Å². The van der Waals surface area contributed by atoms with Crippen LogP contribution in [0.25, 0.3) is 0 Å². The highest BCUT2D eigenvalue weighted by Crippen LogP contribution is 2.27. The van der Waals surface area contributed by atoms with Gasteiger partial charge in [-0.3, -0.25) is 0 Å². The first-order chi connectivity index (χ1) is 8.24. The Morgan fingerprint density at radius 1 is 1.53 bits per heavy atom. The number of rotatable bonds is 2. The van der Waals surface area contributed by atoms with Crippen LogP contribution >= 0.6 is 11.6 Å². The Hall–Kier alpha value is -1.24. The molecule has 0 bridgehead atoms. The highest BCUT2D eigenvalue weighted by molar-refractivity contribution is 6.32. The van der Waals surface area contributed by atoms with E-state index in [4.69, 9.17) is 16.9 Å². The van der Waals surface area contributed by atoms with E-state index in [1.54, 1.807) is 6.07 Å². The fraction of sp³-hybridized carbons (Fsp3) is 0.462. The number of piperidine rings is 1. The quantitative estimate of drug-likeness (QED) is 0.877. The first-order valence-electron chi connectivity index (χ1n) is 5.80. The average molecular weight is 251 g/mol. The Labute approximate surface area is 106 Å². The van der Waals surface area contributed by atoms with Gasteiger partial charge in [-0.2, -0.15) is 5.26 Å². The van der Waals surface area contributed by atoms with Crippen LogP contribution in [0, 0.1) is 17.2 Å². The second kappa shape index (κ2) is 5.39. The van der Waals surface area contributed by atoms with Crippen molar-refractivity contribution in [3.8, 4) is 6.07 Å². The molecule has 1 heterocycles. The number of hydrogen-bond donors (Lipinski definition) is 1. The molecule has 0 amide bonds. The van der Waals surface area contributed by atoms with Gasteiger partial charge in [-0.1, -0.05) is 11.6 Å². The molecule has 1 fully saturated rings. The van der Waals surface area contributed by atoms with Crippen LogP contribution in [0.4, 0.5) is 5.69 Å². The van der Waals surface area contributed by atoms with E-state index >= 15 is 0 Å². The largest absolute Gasteiger partial charge is 0.396 e. The molecule has 1 aliphatic rings. The molecule has 1 aliphatic heterocycles. The van der Waals surface area contributed by atoms with E-state index in [2.05, 4.69) is 11.0 Å². The van der Waals surface area contributed by atoms with Crippen molar-refractivity contribution in [1.82, 2.24) is 0 Å². The van der Waals surface area contributed by atoms with Crippen molar-refractivity contribution in [3.63, 3.8) is 0 Å². The minimum Gasteiger partial charge on any atom is -0.396 e. The second-order valence-electron chi connectivity index (χ2n) is 4.41. The second-order valence-corrected chi connectivity index (χ2v) is 4.82. The van der Waals surface area contributed by atoms with Crippen molar-refractivity contribution in [2.75, 3.05) is 24.6 Å². The van der Waals surface area contributed by atoms with Crippen LogP contribution in [0.3, 0.4) is 0 Å². The Bertz CT molecular complexity index is 442. The van der Waals surface area contributed by atoms with Crippen LogP contribution in [0.1, 0.15) is 18.4 Å². The number of anilines is 1. The van der Waals surface area contributed by atoms with Crippen LogP contribution in [0.5, 0.6) is 0 Å². The molecule has 1 saturated heterocycles. The Morgan fingerprint density at radius 3 is 3.00 bits per heavy atom. The third-order valence-electron chi connectivity index (χ3n) is 3.22. The minimum absolute atomic E-state index is 0.237. The smallest absolute Gasteiger partial charge is 0.101 e. The fourth-order valence-electron chi connectivity index (χ4n) is 2.24. The van der Waals surface area contributed by atoms with Crippen molar-refractivity contribution >= 4 is 17.3 Å². The summed E-state index contributed by atoms with van der Waals surface area (Å²) in [7, 11) is 0. The summed E-state index contributed by atoms with van der Waals surface area (Å²) in [6.45, 7) is 2.08. The van der Waals surface area contributed by atoms with Gasteiger partial charge in [0.2, 0.25) is 0 Å². The molecule has 90 valence electrons. The molecule has 0 radical (unpaired) electrons. The lowest BCUT2D eigenvalue weighted by atomic mass is 9.98. The highest BCUT2D eigenvalue weighted by atomic mass is 35.5. The van der Waals surface area contributed by atoms with Crippen molar-refractivity contribution in [1.29, 1.82) is 5.26 Å². The third kappa shape index (κ3) is 2.71. The van der Waals surface area contributed by atoms with E-state index < -0.39 is 0 Å². The monoisotopic (exact) mass is 250 g/mol. The average Bonchev–Trinajstić information content (AvgIpc) is 2.38. The number of aliphatic hydroxyl groups excluding tert-OH is 1. The van der Waals surface area contributed by atoms with Gasteiger partial charge in [0.1, 0.15) is 6.07 Å². The summed E-state index contributed by atoms with van der Waals surface area (Å²) in [5.41, 5.74) is 1.54. The summed E-state index contributed by atoms with van der Waals surface area (Å²) in [6.07, 6.45) is 2.17. The van der Waals surface area contributed by atoms with Crippen LogP contribution in [-0.4, -0.2) is 24.8 Å². The lowest BCUT2D eigenvalue weighted by molar-refractivity contribution is 0.209. The molecule has 1 aromatic carbocycles. The topological polar surface area (TPSA) is 47.3 Å². The number of hydrogen-bond acceptors (Lipinski definition) is 3. The van der Waals surface area contributed by atoms with Gasteiger partial charge in [-0.05, 0) is 37.0 Å². The van der Waals surface area contributed by atoms with E-state index in [1.165, 1.54) is 0 Å². The van der Waals surface area contributed by atoms with E-state index in [0.717, 1.165) is 31.6 Å². The van der Waals surface area contributed by atoms with Crippen LogP contribution in [0.15, 0.2) is 18.2 Å². The van der Waals surface area contributed by atoms with E-state index in [0.29, 0.717) is 16.5 Å². The molecule has 4 heteroatoms. The Kier molecular flexibility index (Phi) is 3.88. The normalized spacial score (nSPS) is 20.1. The Morgan fingerprint density at radius 2 is 2.35 bits per heavy atom. The molecule has 0 aliphatic carbocycles. The number of benzene rings is 1. The minimum atomic E-state index is 0.237. The van der Waals surface area contributed by atoms with Crippen LogP contribution in [-0.2, 0) is 0 Å². The molecule has 1 unspecified atom stereocenters. The Balaban J connectivity index is 2.17. The molecular formula is C13H15ClN2O. The van der Waals surface area contributed by atoms with E-state index in [1.807, 2.05) is 12.1 Å². The van der Waals surface area contributed by atoms with Gasteiger partial charge < -0.3 is 10.0 Å². The summed E-state index contributed by atoms with van der Waals surface area (Å²) in [4.78, 5) is 2.22. The van der Waals surface area contributed by atoms with E-state index in [9.17, 15) is 5.11 Å². The standard InChI is InChI=1S/C13H15ClN2O/c14-13-6-12(4-3-11(13)7-15)16-5-1-2-10(8-16)9-17/h3-4,6,10,17H,1-2,5,8-9H2. The van der Waals surface area contributed by atoms with Gasteiger partial charge in [0.25, 0.3) is 0 Å². The molecular weight excluding hydrogens is 236 g/mol. The van der Waals surface area contributed by atoms with Crippen LogP contribution in [0.2, 0.25) is 5.02 Å². The molecule has 3 nitrogen and oxygen atoms in total. The summed E-state index contributed by atoms with van der Waals surface area (Å²) in [6, 6.07) is 7.56. The first kappa shape index (κ1) is 12.2. The van der Waals surface area contributed by atoms with Gasteiger partial charge in [0, 0.05) is 25.4 Å². The number of nitrogens with zero attached hydrogens (tertiary/aromatic N) is 2. The molecule has 1 atom stereocenters. The predicted molar refractivity (Wildman–Crippen MR) is 68.2 cm³/mol. The maximum Gasteiger partial charge on any atom is 0.101 e. The lowest BCUT2D eigenvalue weighted by Crippen LogP contribution is -2.36. The molecule has 0 spiro atoms. The maximum atomic E-state index is 9.20. The number of nitriles is 1. The summed E-state index contributed by atoms with van der Waals surface area (Å²) >= 11 is 6.02. The summed E-state index contributed by atoms with van der Waals surface area (Å²) in [5.74, 6) is 0.346. The van der Waals surface area contributed by atoms with Gasteiger partial charge in [0.15, 0.2) is 0 Å². The fourth-order valence-corrected chi connectivity index (χ4v) is 2.46. The van der Waals surface area contributed by atoms with Gasteiger partial charge in [0.05, 0.1) is 10.6 Å². The van der Waals surface area contributed by atoms with Crippen LogP contribution < -0.4 is 4.90 Å². The van der Waals surface area contributed by atoms with Gasteiger partial charge in [-0.25, -0.2) is 0 Å². The molecule has 2 rings (SSSR count). The molecule has 1 N–H and O–H groups in total. The van der Waals surface area contributed by atoms with Gasteiger partial charge in [-0.15, -0.1) is 0 Å². The summed E-state index contributed by atoms with van der Waals surface area (Å²) < 4.78 is 0. The number of aliphatic hydroxyl groups is 1. The van der Waals surface area contributed by atoms with Crippen molar-refractivity contribution in [2.45, 2.75) is 12.8 Å². The van der Waals surface area contributed by atoms with Gasteiger partial charge >= 0.3 is 0 Å². The number of halogens is 1. The molecule has 0 aromatic heterocycles. The first-order valence-corrected chi connectivity index (χ1v) is 6.18. The summed E-state index contributed by atoms with van der Waals surface area (Å²) in [5, 5.41) is 18.5. The van der Waals surface area contributed by atoms with Crippen molar-refractivity contribution in [3.05, 3.63) is 28.8 Å². The van der Waals surface area contributed by atoms with E-state index in [-0.39, 0.29) is 6.61 Å². The highest BCUT2D eigenvalue weighted by Gasteiger charge is 2.19. The third-order valence-corrected chi connectivity index (χ3v) is 3.53. The zero-order valence-electron chi connectivity index (χ0n) is 9.56. The predicted octanol–water partition coefficient (Wildman–Crippen LogP) is 2.42. The zero-order valence-corrected chi connectivity index (χ0v) is 10.3. The maximum absolute atomic E-state index is 9.20. The van der Waals surface area contributed by atoms with Crippen molar-refractivity contribution < 1.29 is 5.11 Å². The SMILES string of the molecule is N#Cc1ccc(N2CCCC(CO)C2)cc1Cl. The molecule has 0 saturated carbocycles. The zero-order chi connectivity index (χ0) is 12.3. The molecule has 17 heavy (non-hydrogen) atoms.